The van der Waals surface area contributed by atoms with Crippen molar-refractivity contribution >= 4 is 0 Å². The smallest absolute Gasteiger partial charge is 0.0299 e. The minimum Gasteiger partial charge on any atom is -0.317 e. The number of aromatic nitrogens is 1. The first-order chi connectivity index (χ1) is 9.35. The second-order valence-corrected chi connectivity index (χ2v) is 6.56. The molecule has 3 rings (SSSR count). The Bertz CT molecular complexity index is 390. The second kappa shape index (κ2) is 6.04. The Morgan fingerprint density at radius 2 is 2.32 bits per heavy atom. The molecule has 19 heavy (non-hydrogen) atoms. The number of hydrogen-bond acceptors (Lipinski definition) is 2. The Morgan fingerprint density at radius 1 is 1.37 bits per heavy atom. The van der Waals surface area contributed by atoms with E-state index in [1.807, 2.05) is 18.5 Å². The van der Waals surface area contributed by atoms with Gasteiger partial charge in [0.1, 0.15) is 0 Å². The molecule has 0 amide bonds. The van der Waals surface area contributed by atoms with E-state index >= 15 is 0 Å². The SMILES string of the molecule is CNC(CCc1cccnc1)CC1CC2CCC1C2. The fourth-order valence-corrected chi connectivity index (χ4v) is 4.30. The Hall–Kier alpha value is -0.890. The number of nitrogens with zero attached hydrogens (tertiary/aromatic N) is 1. The van der Waals surface area contributed by atoms with Crippen molar-refractivity contribution in [3.63, 3.8) is 0 Å². The van der Waals surface area contributed by atoms with E-state index in [-0.39, 0.29) is 0 Å². The summed E-state index contributed by atoms with van der Waals surface area (Å²) in [4.78, 5) is 4.20. The Kier molecular flexibility index (Phi) is 4.17. The Balaban J connectivity index is 1.48. The van der Waals surface area contributed by atoms with Gasteiger partial charge in [-0.1, -0.05) is 12.5 Å². The summed E-state index contributed by atoms with van der Waals surface area (Å²) in [5.41, 5.74) is 1.37. The van der Waals surface area contributed by atoms with Gasteiger partial charge in [-0.15, -0.1) is 0 Å². The highest BCUT2D eigenvalue weighted by atomic mass is 14.9. The summed E-state index contributed by atoms with van der Waals surface area (Å²) in [5, 5.41) is 3.54. The molecule has 2 bridgehead atoms. The summed E-state index contributed by atoms with van der Waals surface area (Å²) in [6.45, 7) is 0. The van der Waals surface area contributed by atoms with Crippen molar-refractivity contribution in [3.05, 3.63) is 30.1 Å². The summed E-state index contributed by atoms with van der Waals surface area (Å²) in [5.74, 6) is 3.13. The van der Waals surface area contributed by atoms with E-state index in [9.17, 15) is 0 Å². The van der Waals surface area contributed by atoms with Crippen molar-refractivity contribution in [3.8, 4) is 0 Å². The number of nitrogens with one attached hydrogen (secondary N) is 1. The molecule has 0 spiro atoms. The van der Waals surface area contributed by atoms with Gasteiger partial charge in [0, 0.05) is 18.4 Å². The largest absolute Gasteiger partial charge is 0.317 e. The lowest BCUT2D eigenvalue weighted by Crippen LogP contribution is -2.30. The maximum atomic E-state index is 4.20. The Morgan fingerprint density at radius 3 is 2.95 bits per heavy atom. The first-order valence-electron chi connectivity index (χ1n) is 7.91. The molecule has 104 valence electrons. The lowest BCUT2D eigenvalue weighted by molar-refractivity contribution is 0.277. The van der Waals surface area contributed by atoms with Gasteiger partial charge in [0.15, 0.2) is 0 Å². The minimum atomic E-state index is 0.685. The predicted molar refractivity (Wildman–Crippen MR) is 79.0 cm³/mol. The molecule has 1 heterocycles. The van der Waals surface area contributed by atoms with Crippen LogP contribution in [0, 0.1) is 17.8 Å². The van der Waals surface area contributed by atoms with Crippen LogP contribution >= 0.6 is 0 Å². The van der Waals surface area contributed by atoms with Gasteiger partial charge in [0.2, 0.25) is 0 Å². The van der Waals surface area contributed by atoms with E-state index in [1.165, 1.54) is 44.1 Å². The fraction of sp³-hybridized carbons (Fsp3) is 0.706. The normalized spacial score (nSPS) is 30.7. The van der Waals surface area contributed by atoms with Crippen LogP contribution in [0.5, 0.6) is 0 Å². The van der Waals surface area contributed by atoms with Crippen molar-refractivity contribution in [1.29, 1.82) is 0 Å². The molecule has 1 N–H and O–H groups in total. The molecule has 0 aliphatic heterocycles. The zero-order chi connectivity index (χ0) is 13.1. The first-order valence-corrected chi connectivity index (χ1v) is 7.91. The van der Waals surface area contributed by atoms with E-state index in [1.54, 1.807) is 0 Å². The minimum absolute atomic E-state index is 0.685. The van der Waals surface area contributed by atoms with Crippen LogP contribution in [0.4, 0.5) is 0 Å². The summed E-state index contributed by atoms with van der Waals surface area (Å²) in [6.07, 6.45) is 13.7. The van der Waals surface area contributed by atoms with Crippen LogP contribution in [0.2, 0.25) is 0 Å². The third-order valence-corrected chi connectivity index (χ3v) is 5.38. The van der Waals surface area contributed by atoms with Crippen molar-refractivity contribution < 1.29 is 0 Å². The average molecular weight is 258 g/mol. The van der Waals surface area contributed by atoms with Gasteiger partial charge in [-0.2, -0.15) is 0 Å². The highest BCUT2D eigenvalue weighted by molar-refractivity contribution is 5.08. The van der Waals surface area contributed by atoms with Crippen LogP contribution in [-0.4, -0.2) is 18.1 Å². The summed E-state index contributed by atoms with van der Waals surface area (Å²) in [7, 11) is 2.13. The van der Waals surface area contributed by atoms with Crippen molar-refractivity contribution in [2.45, 2.75) is 51.0 Å². The average Bonchev–Trinajstić information content (AvgIpc) is 3.07. The van der Waals surface area contributed by atoms with Gasteiger partial charge in [-0.25, -0.2) is 0 Å². The highest BCUT2D eigenvalue weighted by Crippen LogP contribution is 2.50. The number of fused-ring (bicyclic) bond motifs is 2. The van der Waals surface area contributed by atoms with Crippen LogP contribution < -0.4 is 5.32 Å². The second-order valence-electron chi connectivity index (χ2n) is 6.56. The van der Waals surface area contributed by atoms with E-state index in [0.29, 0.717) is 6.04 Å². The number of rotatable bonds is 6. The molecular formula is C17H26N2. The monoisotopic (exact) mass is 258 g/mol. The molecule has 2 aliphatic carbocycles. The van der Waals surface area contributed by atoms with Gasteiger partial charge >= 0.3 is 0 Å². The quantitative estimate of drug-likeness (QED) is 0.845. The summed E-state index contributed by atoms with van der Waals surface area (Å²) >= 11 is 0. The molecule has 4 unspecified atom stereocenters. The number of aryl methyl sites for hydroxylation is 1. The molecule has 4 atom stereocenters. The van der Waals surface area contributed by atoms with Crippen molar-refractivity contribution in [2.24, 2.45) is 17.8 Å². The molecular weight excluding hydrogens is 232 g/mol. The molecule has 0 aromatic carbocycles. The zero-order valence-electron chi connectivity index (χ0n) is 12.0. The Labute approximate surface area is 117 Å². The van der Waals surface area contributed by atoms with Crippen LogP contribution in [0.1, 0.15) is 44.1 Å². The van der Waals surface area contributed by atoms with Gasteiger partial charge in [0.05, 0.1) is 0 Å². The molecule has 2 heteroatoms. The molecule has 2 fully saturated rings. The number of hydrogen-bond donors (Lipinski definition) is 1. The first kappa shape index (κ1) is 13.1. The molecule has 0 radical (unpaired) electrons. The summed E-state index contributed by atoms with van der Waals surface area (Å²) in [6, 6.07) is 4.92. The van der Waals surface area contributed by atoms with Crippen LogP contribution in [0.15, 0.2) is 24.5 Å². The van der Waals surface area contributed by atoms with Crippen LogP contribution in [-0.2, 0) is 6.42 Å². The van der Waals surface area contributed by atoms with E-state index in [4.69, 9.17) is 0 Å². The molecule has 2 saturated carbocycles. The fourth-order valence-electron chi connectivity index (χ4n) is 4.30. The van der Waals surface area contributed by atoms with Crippen molar-refractivity contribution in [1.82, 2.24) is 10.3 Å². The summed E-state index contributed by atoms with van der Waals surface area (Å²) < 4.78 is 0. The third kappa shape index (κ3) is 3.17. The lowest BCUT2D eigenvalue weighted by atomic mass is 9.83. The molecule has 2 aliphatic rings. The van der Waals surface area contributed by atoms with Gasteiger partial charge in [0.25, 0.3) is 0 Å². The van der Waals surface area contributed by atoms with Crippen molar-refractivity contribution in [2.75, 3.05) is 7.05 Å². The van der Waals surface area contributed by atoms with Gasteiger partial charge in [-0.3, -0.25) is 4.98 Å². The molecule has 0 saturated heterocycles. The number of pyridine rings is 1. The predicted octanol–water partition coefficient (Wildman–Crippen LogP) is 3.43. The maximum absolute atomic E-state index is 4.20. The zero-order valence-corrected chi connectivity index (χ0v) is 12.0. The maximum Gasteiger partial charge on any atom is 0.0299 e. The lowest BCUT2D eigenvalue weighted by Gasteiger charge is -2.26. The van der Waals surface area contributed by atoms with E-state index in [0.717, 1.165) is 24.2 Å². The van der Waals surface area contributed by atoms with Crippen LogP contribution in [0.3, 0.4) is 0 Å². The molecule has 1 aromatic heterocycles. The highest BCUT2D eigenvalue weighted by Gasteiger charge is 2.39. The molecule has 1 aromatic rings. The molecule has 2 nitrogen and oxygen atoms in total. The topological polar surface area (TPSA) is 24.9 Å². The van der Waals surface area contributed by atoms with Crippen LogP contribution in [0.25, 0.3) is 0 Å². The van der Waals surface area contributed by atoms with Gasteiger partial charge in [-0.05, 0) is 75.0 Å². The van der Waals surface area contributed by atoms with E-state index < -0.39 is 0 Å². The van der Waals surface area contributed by atoms with E-state index in [2.05, 4.69) is 23.4 Å². The third-order valence-electron chi connectivity index (χ3n) is 5.38. The standard InChI is InChI=1S/C17H26N2/c1-18-17(7-5-13-3-2-8-19-12-13)11-16-10-14-4-6-15(16)9-14/h2-3,8,12,14-18H,4-7,9-11H2,1H3. The van der Waals surface area contributed by atoms with Gasteiger partial charge < -0.3 is 5.32 Å².